The molecule has 0 aromatic carbocycles. The smallest absolute Gasteiger partial charge is 0.257 e. The molecule has 164 valence electrons. The number of carbonyl (C=O) groups is 4. The number of halogens is 2. The van der Waals surface area contributed by atoms with Gasteiger partial charge in [-0.1, -0.05) is 11.6 Å². The van der Waals surface area contributed by atoms with E-state index >= 15 is 0 Å². The first-order valence-corrected chi connectivity index (χ1v) is 10.5. The monoisotopic (exact) mass is 468 g/mol. The second-order valence-electron chi connectivity index (χ2n) is 8.45. The summed E-state index contributed by atoms with van der Waals surface area (Å²) in [6.45, 7) is -0.388. The van der Waals surface area contributed by atoms with E-state index < -0.39 is 57.0 Å². The fourth-order valence-electron chi connectivity index (χ4n) is 5.67. The quantitative estimate of drug-likeness (QED) is 0.288. The number of rotatable bonds is 2. The van der Waals surface area contributed by atoms with Crippen molar-refractivity contribution in [1.29, 1.82) is 0 Å². The summed E-state index contributed by atoms with van der Waals surface area (Å²) < 4.78 is 5.71. The first kappa shape index (κ1) is 20.7. The molecule has 3 heterocycles. The zero-order chi connectivity index (χ0) is 22.5. The van der Waals surface area contributed by atoms with E-state index in [0.717, 1.165) is 4.90 Å². The molecule has 1 aromatic heterocycles. The fourth-order valence-corrected chi connectivity index (χ4v) is 6.68. The lowest BCUT2D eigenvalue weighted by atomic mass is 9.57. The van der Waals surface area contributed by atoms with E-state index in [1.165, 1.54) is 13.1 Å². The molecule has 9 nitrogen and oxygen atoms in total. The molecule has 0 bridgehead atoms. The average molecular weight is 469 g/mol. The lowest BCUT2D eigenvalue weighted by Crippen LogP contribution is -2.60. The third kappa shape index (κ3) is 2.29. The van der Waals surface area contributed by atoms with Crippen molar-refractivity contribution in [2.75, 3.05) is 7.05 Å². The van der Waals surface area contributed by atoms with Gasteiger partial charge in [-0.25, -0.2) is 0 Å². The predicted octanol–water partition coefficient (Wildman–Crippen LogP) is 1.15. The zero-order valence-corrected chi connectivity index (χ0v) is 17.8. The van der Waals surface area contributed by atoms with Gasteiger partial charge in [-0.05, 0) is 30.9 Å². The van der Waals surface area contributed by atoms with Gasteiger partial charge in [0, 0.05) is 7.05 Å². The predicted molar refractivity (Wildman–Crippen MR) is 104 cm³/mol. The summed E-state index contributed by atoms with van der Waals surface area (Å²) in [4.78, 5) is 48.4. The Labute approximate surface area is 186 Å². The number of hydroxylamine groups is 2. The maximum Gasteiger partial charge on any atom is 0.257 e. The summed E-state index contributed by atoms with van der Waals surface area (Å²) in [5.74, 6) is -5.88. The molecule has 2 N–H and O–H groups in total. The summed E-state index contributed by atoms with van der Waals surface area (Å²) in [7, 11) is 1.29. The number of furan rings is 1. The Bertz CT molecular complexity index is 1080. The number of hydrogen-bond acceptors (Lipinski definition) is 7. The highest BCUT2D eigenvalue weighted by Gasteiger charge is 2.76. The minimum Gasteiger partial charge on any atom is -0.463 e. The molecule has 5 rings (SSSR count). The summed E-state index contributed by atoms with van der Waals surface area (Å²) in [6.07, 6.45) is 1.72. The number of aliphatic hydroxyl groups is 1. The second-order valence-corrected chi connectivity index (χ2v) is 9.69. The van der Waals surface area contributed by atoms with Crippen LogP contribution in [-0.4, -0.2) is 60.7 Å². The standard InChI is InChI=1S/C20H18Cl2N2O7/c1-23-17(28)19(21)6-11-9(3-4-10-13(11)16(27)24(30)15(10)26)14(20(19,22)18(23)29)12-5-2-8(7-25)31-12/h2-3,5,10-11,13-14,25,30H,4,6-7H2,1H3/t10-,11+,13-,14+,19+,20-/m0/s1. The number of amides is 4. The summed E-state index contributed by atoms with van der Waals surface area (Å²) in [5.41, 5.74) is 0.555. The van der Waals surface area contributed by atoms with Gasteiger partial charge in [0.15, 0.2) is 9.75 Å². The van der Waals surface area contributed by atoms with Gasteiger partial charge in [0.05, 0.1) is 17.8 Å². The van der Waals surface area contributed by atoms with Gasteiger partial charge in [-0.3, -0.25) is 29.3 Å². The van der Waals surface area contributed by atoms with Crippen LogP contribution >= 0.6 is 23.2 Å². The molecule has 2 aliphatic heterocycles. The van der Waals surface area contributed by atoms with Crippen LogP contribution in [0.15, 0.2) is 28.2 Å². The molecule has 2 saturated heterocycles. The van der Waals surface area contributed by atoms with Crippen LogP contribution in [0.5, 0.6) is 0 Å². The molecule has 1 saturated carbocycles. The van der Waals surface area contributed by atoms with E-state index in [1.807, 2.05) is 0 Å². The van der Waals surface area contributed by atoms with Crippen molar-refractivity contribution < 1.29 is 33.9 Å². The van der Waals surface area contributed by atoms with Crippen molar-refractivity contribution in [2.45, 2.75) is 35.1 Å². The molecule has 11 heteroatoms. The number of allylic oxidation sites excluding steroid dienone is 2. The number of hydrogen-bond donors (Lipinski definition) is 2. The maximum atomic E-state index is 13.2. The van der Waals surface area contributed by atoms with E-state index in [4.69, 9.17) is 27.6 Å². The second kappa shape index (κ2) is 6.41. The molecule has 0 radical (unpaired) electrons. The van der Waals surface area contributed by atoms with Gasteiger partial charge in [-0.2, -0.15) is 5.06 Å². The third-order valence-electron chi connectivity index (χ3n) is 7.11. The molecule has 31 heavy (non-hydrogen) atoms. The minimum atomic E-state index is -1.93. The number of alkyl halides is 2. The summed E-state index contributed by atoms with van der Waals surface area (Å²) in [6, 6.07) is 3.06. The zero-order valence-electron chi connectivity index (χ0n) is 16.2. The molecule has 4 aliphatic rings. The Morgan fingerprint density at radius 1 is 1.13 bits per heavy atom. The van der Waals surface area contributed by atoms with Crippen LogP contribution in [0.3, 0.4) is 0 Å². The van der Waals surface area contributed by atoms with Gasteiger partial charge in [0.2, 0.25) is 0 Å². The molecule has 3 fully saturated rings. The minimum absolute atomic E-state index is 0.120. The van der Waals surface area contributed by atoms with Crippen LogP contribution in [0.1, 0.15) is 30.3 Å². The fraction of sp³-hybridized carbons (Fsp3) is 0.500. The van der Waals surface area contributed by atoms with Crippen molar-refractivity contribution in [2.24, 2.45) is 17.8 Å². The highest BCUT2D eigenvalue weighted by atomic mass is 35.5. The SMILES string of the molecule is CN1C(=O)[C@]2(Cl)C[C@@H]3C(=CC[C@@H]4C(=O)N(O)C(=O)[C@@H]43)[C@H](c3ccc(CO)o3)[C@]2(Cl)C1=O. The lowest BCUT2D eigenvalue weighted by molar-refractivity contribution is -0.173. The van der Waals surface area contributed by atoms with Crippen LogP contribution in [0, 0.1) is 17.8 Å². The third-order valence-corrected chi connectivity index (χ3v) is 8.53. The van der Waals surface area contributed by atoms with Gasteiger partial charge < -0.3 is 9.52 Å². The van der Waals surface area contributed by atoms with E-state index in [2.05, 4.69) is 0 Å². The average Bonchev–Trinajstić information content (AvgIpc) is 3.35. The van der Waals surface area contributed by atoms with E-state index in [0.29, 0.717) is 5.57 Å². The number of fused-ring (bicyclic) bond motifs is 4. The molecular formula is C20H18Cl2N2O7. The summed E-state index contributed by atoms with van der Waals surface area (Å²) >= 11 is 13.8. The first-order valence-electron chi connectivity index (χ1n) is 9.74. The Hall–Kier alpha value is -2.20. The van der Waals surface area contributed by atoms with Crippen molar-refractivity contribution in [3.05, 3.63) is 35.3 Å². The van der Waals surface area contributed by atoms with Crippen molar-refractivity contribution in [3.63, 3.8) is 0 Å². The Morgan fingerprint density at radius 3 is 2.48 bits per heavy atom. The normalized spacial score (nSPS) is 39.6. The maximum absolute atomic E-state index is 13.2. The molecule has 2 aliphatic carbocycles. The molecule has 6 atom stereocenters. The Kier molecular flexibility index (Phi) is 4.28. The number of imide groups is 2. The summed E-state index contributed by atoms with van der Waals surface area (Å²) in [5, 5.41) is 19.5. The van der Waals surface area contributed by atoms with Gasteiger partial charge in [-0.15, -0.1) is 23.2 Å². The molecule has 4 amide bonds. The van der Waals surface area contributed by atoms with Crippen molar-refractivity contribution in [1.82, 2.24) is 9.96 Å². The van der Waals surface area contributed by atoms with Crippen LogP contribution in [0.2, 0.25) is 0 Å². The molecule has 0 spiro atoms. The van der Waals surface area contributed by atoms with Crippen molar-refractivity contribution in [3.8, 4) is 0 Å². The first-order chi connectivity index (χ1) is 14.6. The lowest BCUT2D eigenvalue weighted by Gasteiger charge is -2.49. The number of aliphatic hydroxyl groups excluding tert-OH is 1. The van der Waals surface area contributed by atoms with Crippen LogP contribution < -0.4 is 0 Å². The van der Waals surface area contributed by atoms with Crippen molar-refractivity contribution >= 4 is 46.8 Å². The molecule has 1 aromatic rings. The number of nitrogens with zero attached hydrogens (tertiary/aromatic N) is 2. The number of likely N-dealkylation sites (tertiary alicyclic amines) is 1. The van der Waals surface area contributed by atoms with Crippen LogP contribution in [-0.2, 0) is 25.8 Å². The van der Waals surface area contributed by atoms with Crippen LogP contribution in [0.4, 0.5) is 0 Å². The molecular weight excluding hydrogens is 451 g/mol. The number of carbonyl (C=O) groups excluding carboxylic acids is 4. The highest BCUT2D eigenvalue weighted by Crippen LogP contribution is 2.65. The highest BCUT2D eigenvalue weighted by molar-refractivity contribution is 6.53. The molecule has 0 unspecified atom stereocenters. The van der Waals surface area contributed by atoms with E-state index in [9.17, 15) is 29.5 Å². The Morgan fingerprint density at radius 2 is 1.84 bits per heavy atom. The largest absolute Gasteiger partial charge is 0.463 e. The topological polar surface area (TPSA) is 128 Å². The van der Waals surface area contributed by atoms with Crippen LogP contribution in [0.25, 0.3) is 0 Å². The van der Waals surface area contributed by atoms with Gasteiger partial charge >= 0.3 is 0 Å². The van der Waals surface area contributed by atoms with Gasteiger partial charge in [0.25, 0.3) is 23.6 Å². The van der Waals surface area contributed by atoms with Gasteiger partial charge in [0.1, 0.15) is 18.1 Å². The Balaban J connectivity index is 1.73. The van der Waals surface area contributed by atoms with E-state index in [-0.39, 0.29) is 36.0 Å². The van der Waals surface area contributed by atoms with E-state index in [1.54, 1.807) is 12.1 Å².